The molecule has 0 aliphatic carbocycles. The second-order valence-corrected chi connectivity index (χ2v) is 4.97. The Morgan fingerprint density at radius 1 is 1.53 bits per heavy atom. The number of fused-ring (bicyclic) bond motifs is 1. The van der Waals surface area contributed by atoms with Gasteiger partial charge in [-0.3, -0.25) is 4.68 Å². The summed E-state index contributed by atoms with van der Waals surface area (Å²) in [6.07, 6.45) is 3.55. The Morgan fingerprint density at radius 3 is 3.24 bits per heavy atom. The van der Waals surface area contributed by atoms with Gasteiger partial charge in [0, 0.05) is 36.7 Å². The molecule has 0 unspecified atom stereocenters. The van der Waals surface area contributed by atoms with E-state index >= 15 is 0 Å². The van der Waals surface area contributed by atoms with Crippen LogP contribution in [0.3, 0.4) is 0 Å². The van der Waals surface area contributed by atoms with Gasteiger partial charge in [0.05, 0.1) is 18.9 Å². The number of nitrogens with zero attached hydrogens (tertiary/aromatic N) is 2. The Morgan fingerprint density at radius 2 is 2.47 bits per heavy atom. The van der Waals surface area contributed by atoms with Crippen LogP contribution in [-0.4, -0.2) is 29.5 Å². The third-order valence-corrected chi connectivity index (χ3v) is 3.91. The Labute approximate surface area is 102 Å². The van der Waals surface area contributed by atoms with Crippen molar-refractivity contribution in [3.63, 3.8) is 0 Å². The number of piperidine rings is 1. The van der Waals surface area contributed by atoms with Gasteiger partial charge in [0.2, 0.25) is 0 Å². The fourth-order valence-electron chi connectivity index (χ4n) is 3.01. The molecule has 0 radical (unpaired) electrons. The molecule has 4 heteroatoms. The van der Waals surface area contributed by atoms with Gasteiger partial charge < -0.3 is 10.1 Å². The first kappa shape index (κ1) is 11.2. The summed E-state index contributed by atoms with van der Waals surface area (Å²) in [7, 11) is 0. The van der Waals surface area contributed by atoms with Crippen LogP contribution in [0.15, 0.2) is 0 Å². The molecule has 2 aliphatic heterocycles. The predicted octanol–water partition coefficient (Wildman–Crippen LogP) is 1.44. The average molecular weight is 235 g/mol. The van der Waals surface area contributed by atoms with Gasteiger partial charge in [-0.1, -0.05) is 0 Å². The van der Waals surface area contributed by atoms with E-state index in [0.717, 1.165) is 39.3 Å². The summed E-state index contributed by atoms with van der Waals surface area (Å²) in [4.78, 5) is 0. The first-order valence-electron chi connectivity index (χ1n) is 6.77. The largest absolute Gasteiger partial charge is 0.376 e. The summed E-state index contributed by atoms with van der Waals surface area (Å²) in [6.45, 7) is 6.99. The lowest BCUT2D eigenvalue weighted by atomic mass is 9.92. The third kappa shape index (κ3) is 2.00. The third-order valence-electron chi connectivity index (χ3n) is 3.91. The standard InChI is InChI=1S/C13H21N3O/c1-2-16-12-5-7-17-9-11(12)13(15-16)10-4-3-6-14-8-10/h10,14H,2-9H2,1H3/t10-/m1/s1. The van der Waals surface area contributed by atoms with Crippen molar-refractivity contribution >= 4 is 0 Å². The fourth-order valence-corrected chi connectivity index (χ4v) is 3.01. The molecule has 4 nitrogen and oxygen atoms in total. The fraction of sp³-hybridized carbons (Fsp3) is 0.769. The average Bonchev–Trinajstić information content (AvgIpc) is 2.78. The van der Waals surface area contributed by atoms with Gasteiger partial charge in [0.15, 0.2) is 0 Å². The van der Waals surface area contributed by atoms with E-state index in [1.807, 2.05) is 0 Å². The van der Waals surface area contributed by atoms with Gasteiger partial charge in [0.1, 0.15) is 0 Å². The van der Waals surface area contributed by atoms with Crippen molar-refractivity contribution in [2.45, 2.75) is 45.3 Å². The van der Waals surface area contributed by atoms with Crippen LogP contribution in [0.2, 0.25) is 0 Å². The van der Waals surface area contributed by atoms with Crippen molar-refractivity contribution in [1.29, 1.82) is 0 Å². The van der Waals surface area contributed by atoms with Crippen LogP contribution in [0.4, 0.5) is 0 Å². The molecule has 1 aromatic heterocycles. The molecule has 1 atom stereocenters. The van der Waals surface area contributed by atoms with Crippen LogP contribution in [0.5, 0.6) is 0 Å². The highest BCUT2D eigenvalue weighted by Crippen LogP contribution is 2.30. The summed E-state index contributed by atoms with van der Waals surface area (Å²) < 4.78 is 7.79. The Hall–Kier alpha value is -0.870. The van der Waals surface area contributed by atoms with E-state index in [-0.39, 0.29) is 0 Å². The molecule has 3 heterocycles. The minimum absolute atomic E-state index is 0.590. The van der Waals surface area contributed by atoms with E-state index < -0.39 is 0 Å². The van der Waals surface area contributed by atoms with Crippen LogP contribution in [0, 0.1) is 0 Å². The van der Waals surface area contributed by atoms with E-state index in [2.05, 4.69) is 16.9 Å². The minimum Gasteiger partial charge on any atom is -0.376 e. The quantitative estimate of drug-likeness (QED) is 0.843. The van der Waals surface area contributed by atoms with Crippen LogP contribution >= 0.6 is 0 Å². The van der Waals surface area contributed by atoms with E-state index in [1.54, 1.807) is 0 Å². The zero-order valence-electron chi connectivity index (χ0n) is 10.5. The second kappa shape index (κ2) is 4.78. The van der Waals surface area contributed by atoms with Gasteiger partial charge >= 0.3 is 0 Å². The monoisotopic (exact) mass is 235 g/mol. The minimum atomic E-state index is 0.590. The number of rotatable bonds is 2. The molecule has 2 aliphatic rings. The zero-order chi connectivity index (χ0) is 11.7. The summed E-state index contributed by atoms with van der Waals surface area (Å²) in [5.41, 5.74) is 4.10. The lowest BCUT2D eigenvalue weighted by molar-refractivity contribution is 0.108. The molecular formula is C13H21N3O. The topological polar surface area (TPSA) is 39.1 Å². The second-order valence-electron chi connectivity index (χ2n) is 4.97. The predicted molar refractivity (Wildman–Crippen MR) is 66.1 cm³/mol. The van der Waals surface area contributed by atoms with E-state index in [4.69, 9.17) is 9.84 Å². The smallest absolute Gasteiger partial charge is 0.0753 e. The van der Waals surface area contributed by atoms with Crippen molar-refractivity contribution in [2.24, 2.45) is 0 Å². The molecule has 0 bridgehead atoms. The number of ether oxygens (including phenoxy) is 1. The van der Waals surface area contributed by atoms with Crippen molar-refractivity contribution in [3.05, 3.63) is 17.0 Å². The first-order chi connectivity index (χ1) is 8.40. The van der Waals surface area contributed by atoms with Crippen LogP contribution in [0.25, 0.3) is 0 Å². The highest BCUT2D eigenvalue weighted by Gasteiger charge is 2.26. The van der Waals surface area contributed by atoms with Crippen LogP contribution < -0.4 is 5.32 Å². The van der Waals surface area contributed by atoms with Crippen molar-refractivity contribution in [1.82, 2.24) is 15.1 Å². The van der Waals surface area contributed by atoms with Gasteiger partial charge in [0.25, 0.3) is 0 Å². The Kier molecular flexibility index (Phi) is 3.16. The highest BCUT2D eigenvalue weighted by molar-refractivity contribution is 5.30. The highest BCUT2D eigenvalue weighted by atomic mass is 16.5. The maximum Gasteiger partial charge on any atom is 0.0753 e. The zero-order valence-corrected chi connectivity index (χ0v) is 10.5. The molecule has 1 N–H and O–H groups in total. The normalized spacial score (nSPS) is 24.6. The number of hydrogen-bond donors (Lipinski definition) is 1. The molecule has 1 saturated heterocycles. The molecule has 0 aromatic carbocycles. The Bertz CT molecular complexity index is 394. The molecule has 0 spiro atoms. The van der Waals surface area contributed by atoms with Crippen molar-refractivity contribution in [3.8, 4) is 0 Å². The van der Waals surface area contributed by atoms with Gasteiger partial charge in [-0.15, -0.1) is 0 Å². The number of aromatic nitrogens is 2. The van der Waals surface area contributed by atoms with Gasteiger partial charge in [-0.2, -0.15) is 5.10 Å². The number of hydrogen-bond acceptors (Lipinski definition) is 3. The van der Waals surface area contributed by atoms with Gasteiger partial charge in [-0.25, -0.2) is 0 Å². The number of aryl methyl sites for hydroxylation is 1. The molecule has 94 valence electrons. The summed E-state index contributed by atoms with van der Waals surface area (Å²) >= 11 is 0. The maximum absolute atomic E-state index is 5.61. The molecule has 3 rings (SSSR count). The molecule has 1 aromatic rings. The van der Waals surface area contributed by atoms with E-state index in [1.165, 1.54) is 29.8 Å². The Balaban J connectivity index is 1.95. The lowest BCUT2D eigenvalue weighted by Gasteiger charge is -2.23. The first-order valence-corrected chi connectivity index (χ1v) is 6.77. The SMILES string of the molecule is CCn1nc([C@@H]2CCCNC2)c2c1CCOC2. The van der Waals surface area contributed by atoms with Crippen molar-refractivity contribution in [2.75, 3.05) is 19.7 Å². The van der Waals surface area contributed by atoms with E-state index in [9.17, 15) is 0 Å². The van der Waals surface area contributed by atoms with Crippen molar-refractivity contribution < 1.29 is 4.74 Å². The number of nitrogens with one attached hydrogen (secondary N) is 1. The lowest BCUT2D eigenvalue weighted by Crippen LogP contribution is -2.29. The van der Waals surface area contributed by atoms with E-state index in [0.29, 0.717) is 5.92 Å². The van der Waals surface area contributed by atoms with Crippen LogP contribution in [0.1, 0.15) is 42.6 Å². The van der Waals surface area contributed by atoms with Gasteiger partial charge in [-0.05, 0) is 26.3 Å². The molecule has 0 amide bonds. The molecule has 17 heavy (non-hydrogen) atoms. The van der Waals surface area contributed by atoms with Crippen LogP contribution in [-0.2, 0) is 24.3 Å². The maximum atomic E-state index is 5.61. The molecule has 0 saturated carbocycles. The molecule has 1 fully saturated rings. The summed E-state index contributed by atoms with van der Waals surface area (Å²) in [6, 6.07) is 0. The molecular weight excluding hydrogens is 214 g/mol. The summed E-state index contributed by atoms with van der Waals surface area (Å²) in [5.74, 6) is 0.590. The summed E-state index contributed by atoms with van der Waals surface area (Å²) in [5, 5.41) is 8.31.